The van der Waals surface area contributed by atoms with E-state index >= 15 is 0 Å². The fourth-order valence-corrected chi connectivity index (χ4v) is 3.59. The summed E-state index contributed by atoms with van der Waals surface area (Å²) in [7, 11) is -2.03. The molecule has 0 aromatic carbocycles. The van der Waals surface area contributed by atoms with E-state index < -0.39 is 10.0 Å². The van der Waals surface area contributed by atoms with Crippen molar-refractivity contribution in [1.29, 1.82) is 0 Å². The minimum atomic E-state index is -3.46. The van der Waals surface area contributed by atoms with Gasteiger partial charge in [-0.3, -0.25) is 0 Å². The molecule has 0 atom stereocenters. The highest BCUT2D eigenvalue weighted by Crippen LogP contribution is 2.26. The third-order valence-electron chi connectivity index (χ3n) is 2.86. The second-order valence-electron chi connectivity index (χ2n) is 3.98. The van der Waals surface area contributed by atoms with Gasteiger partial charge in [-0.15, -0.1) is 0 Å². The number of hydrogen-bond donors (Lipinski definition) is 0. The zero-order valence-corrected chi connectivity index (χ0v) is 10.6. The summed E-state index contributed by atoms with van der Waals surface area (Å²) in [5.74, 6) is 0.165. The summed E-state index contributed by atoms with van der Waals surface area (Å²) in [6.45, 7) is 1.17. The Kier molecular flexibility index (Phi) is 3.63. The van der Waals surface area contributed by atoms with Crippen LogP contribution in [0.5, 0.6) is 5.88 Å². The van der Waals surface area contributed by atoms with Gasteiger partial charge in [-0.1, -0.05) is 6.42 Å². The van der Waals surface area contributed by atoms with Gasteiger partial charge in [-0.05, 0) is 25.0 Å². The van der Waals surface area contributed by atoms with E-state index in [0.717, 1.165) is 19.3 Å². The van der Waals surface area contributed by atoms with Crippen molar-refractivity contribution in [3.8, 4) is 5.88 Å². The van der Waals surface area contributed by atoms with Crippen LogP contribution >= 0.6 is 0 Å². The normalized spacial score (nSPS) is 17.9. The number of hydrogen-bond acceptors (Lipinski definition) is 4. The van der Waals surface area contributed by atoms with Crippen LogP contribution in [0.1, 0.15) is 19.3 Å². The molecular weight excluding hydrogens is 240 g/mol. The molecule has 0 saturated carbocycles. The molecule has 1 aromatic heterocycles. The molecule has 5 nitrogen and oxygen atoms in total. The lowest BCUT2D eigenvalue weighted by atomic mass is 10.2. The largest absolute Gasteiger partial charge is 0.480 e. The van der Waals surface area contributed by atoms with E-state index in [0.29, 0.717) is 13.1 Å². The second kappa shape index (κ2) is 5.01. The Balaban J connectivity index is 2.36. The second-order valence-corrected chi connectivity index (χ2v) is 5.88. The molecule has 6 heteroatoms. The van der Waals surface area contributed by atoms with Crippen molar-refractivity contribution in [1.82, 2.24) is 9.29 Å². The molecule has 1 aromatic rings. The quantitative estimate of drug-likeness (QED) is 0.817. The third kappa shape index (κ3) is 2.42. The summed E-state index contributed by atoms with van der Waals surface area (Å²) in [6, 6.07) is 3.15. The fourth-order valence-electron chi connectivity index (χ4n) is 1.97. The molecule has 0 radical (unpaired) electrons. The Morgan fingerprint density at radius 2 is 2.00 bits per heavy atom. The summed E-state index contributed by atoms with van der Waals surface area (Å²) in [5, 5.41) is 0. The zero-order valence-electron chi connectivity index (χ0n) is 9.80. The average molecular weight is 256 g/mol. The first-order chi connectivity index (χ1) is 8.16. The van der Waals surface area contributed by atoms with Crippen molar-refractivity contribution in [2.24, 2.45) is 0 Å². The van der Waals surface area contributed by atoms with Crippen LogP contribution in [0.3, 0.4) is 0 Å². The summed E-state index contributed by atoms with van der Waals surface area (Å²) in [6.07, 6.45) is 4.45. The van der Waals surface area contributed by atoms with Gasteiger partial charge in [-0.25, -0.2) is 13.4 Å². The number of nitrogens with zero attached hydrogens (tertiary/aromatic N) is 2. The molecule has 0 unspecified atom stereocenters. The number of aromatic nitrogens is 1. The number of ether oxygens (including phenoxy) is 1. The Bertz CT molecular complexity index is 481. The van der Waals surface area contributed by atoms with E-state index in [9.17, 15) is 8.42 Å². The first kappa shape index (κ1) is 12.3. The summed E-state index contributed by atoms with van der Waals surface area (Å²) < 4.78 is 31.3. The maximum absolute atomic E-state index is 12.4. The van der Waals surface area contributed by atoms with Crippen LogP contribution in [-0.2, 0) is 10.0 Å². The predicted octanol–water partition coefficient (Wildman–Crippen LogP) is 1.26. The van der Waals surface area contributed by atoms with Gasteiger partial charge in [0.2, 0.25) is 15.9 Å². The minimum absolute atomic E-state index is 0.157. The van der Waals surface area contributed by atoms with E-state index in [1.807, 2.05) is 0 Å². The minimum Gasteiger partial charge on any atom is -0.480 e. The molecule has 2 rings (SSSR count). The Morgan fingerprint density at radius 3 is 2.65 bits per heavy atom. The lowest BCUT2D eigenvalue weighted by molar-refractivity contribution is 0.340. The smallest absolute Gasteiger partial charge is 0.248 e. The molecule has 0 aliphatic carbocycles. The summed E-state index contributed by atoms with van der Waals surface area (Å²) >= 11 is 0. The van der Waals surface area contributed by atoms with Crippen molar-refractivity contribution >= 4 is 10.0 Å². The molecule has 0 N–H and O–H groups in total. The molecular formula is C11H16N2O3S. The SMILES string of the molecule is COc1ncccc1S(=O)(=O)N1CCCCC1. The molecule has 0 spiro atoms. The molecule has 1 aliphatic heterocycles. The highest BCUT2D eigenvalue weighted by Gasteiger charge is 2.29. The van der Waals surface area contributed by atoms with E-state index in [1.165, 1.54) is 23.7 Å². The first-order valence-electron chi connectivity index (χ1n) is 5.65. The summed E-state index contributed by atoms with van der Waals surface area (Å²) in [4.78, 5) is 4.09. The van der Waals surface area contributed by atoms with Crippen LogP contribution in [0.25, 0.3) is 0 Å². The maximum atomic E-state index is 12.4. The number of rotatable bonds is 3. The standard InChI is InChI=1S/C11H16N2O3S/c1-16-11-10(6-5-7-12-11)17(14,15)13-8-3-2-4-9-13/h5-7H,2-4,8-9H2,1H3. The van der Waals surface area contributed by atoms with Crippen molar-refractivity contribution in [2.75, 3.05) is 20.2 Å². The molecule has 94 valence electrons. The molecule has 1 saturated heterocycles. The van der Waals surface area contributed by atoms with Crippen molar-refractivity contribution < 1.29 is 13.2 Å². The topological polar surface area (TPSA) is 59.5 Å². The van der Waals surface area contributed by atoms with Gasteiger partial charge in [0, 0.05) is 19.3 Å². The molecule has 0 amide bonds. The predicted molar refractivity (Wildman–Crippen MR) is 63.4 cm³/mol. The van der Waals surface area contributed by atoms with E-state index in [2.05, 4.69) is 4.98 Å². The van der Waals surface area contributed by atoms with Crippen molar-refractivity contribution in [3.05, 3.63) is 18.3 Å². The maximum Gasteiger partial charge on any atom is 0.248 e. The van der Waals surface area contributed by atoms with Crippen molar-refractivity contribution in [3.63, 3.8) is 0 Å². The van der Waals surface area contributed by atoms with Crippen LogP contribution in [-0.4, -0.2) is 37.9 Å². The molecule has 17 heavy (non-hydrogen) atoms. The van der Waals surface area contributed by atoms with Gasteiger partial charge in [0.05, 0.1) is 7.11 Å². The van der Waals surface area contributed by atoms with Crippen LogP contribution in [0.2, 0.25) is 0 Å². The molecule has 0 bridgehead atoms. The summed E-state index contributed by atoms with van der Waals surface area (Å²) in [5.41, 5.74) is 0. The van der Waals surface area contributed by atoms with E-state index in [4.69, 9.17) is 4.74 Å². The third-order valence-corrected chi connectivity index (χ3v) is 4.77. The number of methoxy groups -OCH3 is 1. The van der Waals surface area contributed by atoms with Crippen LogP contribution in [0, 0.1) is 0 Å². The van der Waals surface area contributed by atoms with Crippen LogP contribution in [0.4, 0.5) is 0 Å². The molecule has 2 heterocycles. The lowest BCUT2D eigenvalue weighted by Gasteiger charge is -2.26. The van der Waals surface area contributed by atoms with E-state index in [-0.39, 0.29) is 10.8 Å². The highest BCUT2D eigenvalue weighted by atomic mass is 32.2. The fraction of sp³-hybridized carbons (Fsp3) is 0.545. The van der Waals surface area contributed by atoms with Gasteiger partial charge in [0.25, 0.3) is 0 Å². The molecule has 1 fully saturated rings. The average Bonchev–Trinajstić information content (AvgIpc) is 2.39. The van der Waals surface area contributed by atoms with Crippen molar-refractivity contribution in [2.45, 2.75) is 24.2 Å². The van der Waals surface area contributed by atoms with Gasteiger partial charge in [-0.2, -0.15) is 4.31 Å². The molecule has 1 aliphatic rings. The van der Waals surface area contributed by atoms with Crippen LogP contribution in [0.15, 0.2) is 23.2 Å². The monoisotopic (exact) mass is 256 g/mol. The van der Waals surface area contributed by atoms with Crippen LogP contribution < -0.4 is 4.74 Å². The van der Waals surface area contributed by atoms with Gasteiger partial charge >= 0.3 is 0 Å². The zero-order chi connectivity index (χ0) is 12.3. The lowest BCUT2D eigenvalue weighted by Crippen LogP contribution is -2.35. The van der Waals surface area contributed by atoms with Gasteiger partial charge in [0.1, 0.15) is 4.90 Å². The van der Waals surface area contributed by atoms with Gasteiger partial charge < -0.3 is 4.74 Å². The van der Waals surface area contributed by atoms with Gasteiger partial charge in [0.15, 0.2) is 0 Å². The highest BCUT2D eigenvalue weighted by molar-refractivity contribution is 7.89. The first-order valence-corrected chi connectivity index (χ1v) is 7.09. The Hall–Kier alpha value is -1.14. The Labute approximate surface area is 101 Å². The number of pyridine rings is 1. The Morgan fingerprint density at radius 1 is 1.29 bits per heavy atom. The number of piperidine rings is 1. The number of sulfonamides is 1. The van der Waals surface area contributed by atoms with E-state index in [1.54, 1.807) is 6.07 Å².